The predicted octanol–water partition coefficient (Wildman–Crippen LogP) is 1.37. The summed E-state index contributed by atoms with van der Waals surface area (Å²) in [4.78, 5) is 14.2. The second kappa shape index (κ2) is 2.41. The minimum atomic E-state index is -0.121. The number of aromatic hydroxyl groups is 1. The molecule has 1 fully saturated rings. The van der Waals surface area contributed by atoms with E-state index in [0.717, 1.165) is 18.4 Å². The molecular formula is C10H10N2O2. The van der Waals surface area contributed by atoms with Gasteiger partial charge >= 0.3 is 5.69 Å². The lowest BCUT2D eigenvalue weighted by Gasteiger charge is -1.99. The zero-order valence-corrected chi connectivity index (χ0v) is 7.53. The zero-order chi connectivity index (χ0) is 9.71. The molecule has 0 radical (unpaired) electrons. The Labute approximate surface area is 79.8 Å². The summed E-state index contributed by atoms with van der Waals surface area (Å²) in [5.41, 5.74) is 1.23. The number of aromatic nitrogens is 2. The largest absolute Gasteiger partial charge is 0.506 e. The number of imidazole rings is 1. The van der Waals surface area contributed by atoms with Crippen LogP contribution in [0, 0.1) is 0 Å². The van der Waals surface area contributed by atoms with Crippen LogP contribution in [0.5, 0.6) is 5.75 Å². The molecule has 4 nitrogen and oxygen atoms in total. The average molecular weight is 190 g/mol. The van der Waals surface area contributed by atoms with Crippen molar-refractivity contribution in [3.05, 3.63) is 28.7 Å². The fraction of sp³-hybridized carbons (Fsp3) is 0.300. The topological polar surface area (TPSA) is 58.0 Å². The number of hydrogen-bond donors (Lipinski definition) is 2. The smallest absolute Gasteiger partial charge is 0.326 e. The van der Waals surface area contributed by atoms with E-state index >= 15 is 0 Å². The molecule has 14 heavy (non-hydrogen) atoms. The number of nitrogens with one attached hydrogen (secondary N) is 1. The number of phenolic OH excluding ortho intramolecular Hbond substituents is 1. The fourth-order valence-electron chi connectivity index (χ4n) is 1.83. The van der Waals surface area contributed by atoms with E-state index < -0.39 is 0 Å². The van der Waals surface area contributed by atoms with Gasteiger partial charge in [-0.2, -0.15) is 0 Å². The van der Waals surface area contributed by atoms with Crippen LogP contribution in [0.15, 0.2) is 23.0 Å². The number of hydrogen-bond acceptors (Lipinski definition) is 2. The normalized spacial score (nSPS) is 16.3. The van der Waals surface area contributed by atoms with Gasteiger partial charge in [0, 0.05) is 6.04 Å². The molecule has 72 valence electrons. The summed E-state index contributed by atoms with van der Waals surface area (Å²) in [5, 5.41) is 9.53. The Balaban J connectivity index is 2.43. The van der Waals surface area contributed by atoms with E-state index in [1.165, 1.54) is 0 Å². The van der Waals surface area contributed by atoms with Crippen LogP contribution in [0.2, 0.25) is 0 Å². The first-order chi connectivity index (χ1) is 6.77. The van der Waals surface area contributed by atoms with Crippen molar-refractivity contribution in [1.29, 1.82) is 0 Å². The molecular weight excluding hydrogens is 180 g/mol. The summed E-state index contributed by atoms with van der Waals surface area (Å²) in [7, 11) is 0. The van der Waals surface area contributed by atoms with E-state index in [1.807, 2.05) is 6.07 Å². The van der Waals surface area contributed by atoms with Crippen LogP contribution >= 0.6 is 0 Å². The summed E-state index contributed by atoms with van der Waals surface area (Å²) < 4.78 is 1.73. The number of H-pyrrole nitrogens is 1. The molecule has 1 aromatic heterocycles. The van der Waals surface area contributed by atoms with Crippen LogP contribution in [-0.2, 0) is 0 Å². The second-order valence-electron chi connectivity index (χ2n) is 3.70. The predicted molar refractivity (Wildman–Crippen MR) is 52.5 cm³/mol. The van der Waals surface area contributed by atoms with Crippen LogP contribution in [0.3, 0.4) is 0 Å². The van der Waals surface area contributed by atoms with Crippen molar-refractivity contribution in [2.24, 2.45) is 0 Å². The molecule has 0 spiro atoms. The van der Waals surface area contributed by atoms with E-state index in [0.29, 0.717) is 11.6 Å². The number of fused-ring (bicyclic) bond motifs is 1. The molecule has 0 atom stereocenters. The Bertz CT molecular complexity index is 549. The molecule has 4 heteroatoms. The third-order valence-electron chi connectivity index (χ3n) is 2.64. The summed E-state index contributed by atoms with van der Waals surface area (Å²) in [6.45, 7) is 0. The number of nitrogens with zero attached hydrogens (tertiary/aromatic N) is 1. The van der Waals surface area contributed by atoms with Gasteiger partial charge in [-0.3, -0.25) is 4.57 Å². The third kappa shape index (κ3) is 0.907. The number of aromatic amines is 1. The highest BCUT2D eigenvalue weighted by Gasteiger charge is 2.27. The maximum absolute atomic E-state index is 11.6. The molecule has 2 N–H and O–H groups in total. The van der Waals surface area contributed by atoms with Crippen LogP contribution in [0.25, 0.3) is 11.0 Å². The van der Waals surface area contributed by atoms with Crippen molar-refractivity contribution < 1.29 is 5.11 Å². The molecule has 0 bridgehead atoms. The monoisotopic (exact) mass is 190 g/mol. The number of benzene rings is 1. The maximum Gasteiger partial charge on any atom is 0.326 e. The van der Waals surface area contributed by atoms with Crippen LogP contribution in [0.1, 0.15) is 18.9 Å². The molecule has 2 aromatic rings. The summed E-state index contributed by atoms with van der Waals surface area (Å²) in [5.74, 6) is 0.138. The molecule has 1 heterocycles. The average Bonchev–Trinajstić information content (AvgIpc) is 2.91. The minimum Gasteiger partial charge on any atom is -0.506 e. The molecule has 0 aliphatic heterocycles. The van der Waals surface area contributed by atoms with E-state index in [1.54, 1.807) is 16.7 Å². The molecule has 1 aliphatic rings. The molecule has 3 rings (SSSR count). The third-order valence-corrected chi connectivity index (χ3v) is 2.64. The quantitative estimate of drug-likeness (QED) is 0.713. The van der Waals surface area contributed by atoms with Gasteiger partial charge in [0.15, 0.2) is 0 Å². The van der Waals surface area contributed by atoms with E-state index in [-0.39, 0.29) is 11.4 Å². The van der Waals surface area contributed by atoms with Gasteiger partial charge in [-0.1, -0.05) is 6.07 Å². The van der Waals surface area contributed by atoms with Gasteiger partial charge in [0.05, 0.1) is 5.52 Å². The highest BCUT2D eigenvalue weighted by Crippen LogP contribution is 2.36. The number of phenols is 1. The van der Waals surface area contributed by atoms with Crippen molar-refractivity contribution in [1.82, 2.24) is 9.55 Å². The number of rotatable bonds is 1. The first-order valence-corrected chi connectivity index (χ1v) is 4.69. The molecule has 1 saturated carbocycles. The Morgan fingerprint density at radius 3 is 2.93 bits per heavy atom. The van der Waals surface area contributed by atoms with Gasteiger partial charge in [-0.05, 0) is 25.0 Å². The van der Waals surface area contributed by atoms with Gasteiger partial charge in [0.25, 0.3) is 0 Å². The van der Waals surface area contributed by atoms with Crippen molar-refractivity contribution in [3.63, 3.8) is 0 Å². The van der Waals surface area contributed by atoms with Crippen LogP contribution in [-0.4, -0.2) is 14.7 Å². The van der Waals surface area contributed by atoms with Gasteiger partial charge < -0.3 is 10.1 Å². The van der Waals surface area contributed by atoms with Gasteiger partial charge in [-0.15, -0.1) is 0 Å². The van der Waals surface area contributed by atoms with E-state index in [4.69, 9.17) is 0 Å². The summed E-state index contributed by atoms with van der Waals surface area (Å²) >= 11 is 0. The minimum absolute atomic E-state index is 0.121. The Morgan fingerprint density at radius 2 is 2.21 bits per heavy atom. The first-order valence-electron chi connectivity index (χ1n) is 4.69. The van der Waals surface area contributed by atoms with Crippen LogP contribution in [0.4, 0.5) is 0 Å². The van der Waals surface area contributed by atoms with Crippen LogP contribution < -0.4 is 5.69 Å². The highest BCUT2D eigenvalue weighted by atomic mass is 16.3. The van der Waals surface area contributed by atoms with Gasteiger partial charge in [-0.25, -0.2) is 4.79 Å². The second-order valence-corrected chi connectivity index (χ2v) is 3.70. The Kier molecular flexibility index (Phi) is 1.32. The van der Waals surface area contributed by atoms with Crippen molar-refractivity contribution in [2.75, 3.05) is 0 Å². The molecule has 1 aliphatic carbocycles. The zero-order valence-electron chi connectivity index (χ0n) is 7.53. The Hall–Kier alpha value is -1.71. The molecule has 0 amide bonds. The van der Waals surface area contributed by atoms with Gasteiger partial charge in [0.1, 0.15) is 11.3 Å². The van der Waals surface area contributed by atoms with Crippen molar-refractivity contribution in [3.8, 4) is 5.75 Å². The molecule has 0 unspecified atom stereocenters. The first kappa shape index (κ1) is 7.67. The lowest BCUT2D eigenvalue weighted by atomic mass is 10.3. The lowest BCUT2D eigenvalue weighted by molar-refractivity contribution is 0.480. The van der Waals surface area contributed by atoms with Crippen molar-refractivity contribution >= 4 is 11.0 Å². The highest BCUT2D eigenvalue weighted by molar-refractivity contribution is 5.81. The standard InChI is InChI=1S/C10H10N2O2/c13-8-3-1-2-7-9(8)11-10(14)12(7)6-4-5-6/h1-3,6,13H,4-5H2,(H,11,14). The maximum atomic E-state index is 11.6. The van der Waals surface area contributed by atoms with Gasteiger partial charge in [0.2, 0.25) is 0 Å². The molecule has 0 saturated heterocycles. The van der Waals surface area contributed by atoms with E-state index in [9.17, 15) is 9.90 Å². The van der Waals surface area contributed by atoms with E-state index in [2.05, 4.69) is 4.98 Å². The number of para-hydroxylation sites is 1. The fourth-order valence-corrected chi connectivity index (χ4v) is 1.83. The molecule has 1 aromatic carbocycles. The SMILES string of the molecule is O=c1[nH]c2c(O)cccc2n1C1CC1. The summed E-state index contributed by atoms with van der Waals surface area (Å²) in [6.07, 6.45) is 2.12. The Morgan fingerprint density at radius 1 is 1.43 bits per heavy atom. The lowest BCUT2D eigenvalue weighted by Crippen LogP contribution is -2.14. The summed E-state index contributed by atoms with van der Waals surface area (Å²) in [6, 6.07) is 5.52. The van der Waals surface area contributed by atoms with Crippen molar-refractivity contribution in [2.45, 2.75) is 18.9 Å².